The average Bonchev–Trinajstić information content (AvgIpc) is 2.36. The van der Waals surface area contributed by atoms with E-state index < -0.39 is 12.1 Å². The Morgan fingerprint density at radius 2 is 1.75 bits per heavy atom. The molecule has 110 valence electrons. The molecule has 2 amide bonds. The van der Waals surface area contributed by atoms with Gasteiger partial charge in [-0.25, -0.2) is 4.79 Å². The van der Waals surface area contributed by atoms with E-state index in [0.717, 1.165) is 0 Å². The van der Waals surface area contributed by atoms with Gasteiger partial charge in [0.2, 0.25) is 5.91 Å². The lowest BCUT2D eigenvalue weighted by atomic mass is 9.87. The number of nitrogens with one attached hydrogen (secondary N) is 2. The van der Waals surface area contributed by atoms with Gasteiger partial charge in [0.1, 0.15) is 0 Å². The fourth-order valence-electron chi connectivity index (χ4n) is 1.46. The first-order chi connectivity index (χ1) is 9.24. The topological polar surface area (TPSA) is 93.5 Å². The summed E-state index contributed by atoms with van der Waals surface area (Å²) in [5.41, 5.74) is 6.64. The number of nitrogens with two attached hydrogens (primary N) is 1. The van der Waals surface area contributed by atoms with Crippen LogP contribution in [0.5, 0.6) is 0 Å². The molecule has 20 heavy (non-hydrogen) atoms. The molecule has 6 nitrogen and oxygen atoms in total. The molecule has 4 N–H and O–H groups in total. The molecule has 0 unspecified atom stereocenters. The molecule has 0 aliphatic heterocycles. The highest BCUT2D eigenvalue weighted by atomic mass is 16.5. The average molecular weight is 279 g/mol. The summed E-state index contributed by atoms with van der Waals surface area (Å²) in [6.07, 6.45) is -0.570. The van der Waals surface area contributed by atoms with Crippen LogP contribution in [0.15, 0.2) is 24.3 Å². The van der Waals surface area contributed by atoms with Crippen molar-refractivity contribution in [2.45, 2.75) is 26.8 Å². The molecule has 0 saturated heterocycles. The van der Waals surface area contributed by atoms with E-state index in [0.29, 0.717) is 11.4 Å². The van der Waals surface area contributed by atoms with Gasteiger partial charge in [0.25, 0.3) is 0 Å². The van der Waals surface area contributed by atoms with Crippen LogP contribution in [0.25, 0.3) is 0 Å². The van der Waals surface area contributed by atoms with Gasteiger partial charge in [-0.2, -0.15) is 0 Å². The van der Waals surface area contributed by atoms with Crippen LogP contribution in [0.3, 0.4) is 0 Å². The molecule has 1 atom stereocenters. The zero-order valence-corrected chi connectivity index (χ0v) is 12.2. The first kappa shape index (κ1) is 16.0. The van der Waals surface area contributed by atoms with Crippen LogP contribution in [-0.2, 0) is 9.53 Å². The van der Waals surface area contributed by atoms with Crippen LogP contribution in [0.4, 0.5) is 16.2 Å². The van der Waals surface area contributed by atoms with E-state index in [1.54, 1.807) is 24.3 Å². The molecular formula is C14H21N3O3. The van der Waals surface area contributed by atoms with Crippen LogP contribution in [-0.4, -0.2) is 25.2 Å². The van der Waals surface area contributed by atoms with Gasteiger partial charge in [-0.3, -0.25) is 10.1 Å². The molecule has 0 fully saturated rings. The third-order valence-corrected chi connectivity index (χ3v) is 2.78. The predicted molar refractivity (Wildman–Crippen MR) is 78.5 cm³/mol. The van der Waals surface area contributed by atoms with E-state index in [9.17, 15) is 9.59 Å². The van der Waals surface area contributed by atoms with Crippen LogP contribution in [0.2, 0.25) is 0 Å². The lowest BCUT2D eigenvalue weighted by Gasteiger charge is -2.25. The van der Waals surface area contributed by atoms with E-state index in [-0.39, 0.29) is 11.3 Å². The number of amides is 2. The summed E-state index contributed by atoms with van der Waals surface area (Å²) in [7, 11) is 1.28. The Kier molecular flexibility index (Phi) is 5.10. The summed E-state index contributed by atoms with van der Waals surface area (Å²) in [6, 6.07) is 6.12. The highest BCUT2D eigenvalue weighted by Gasteiger charge is 2.27. The van der Waals surface area contributed by atoms with E-state index in [1.807, 2.05) is 20.8 Å². The summed E-state index contributed by atoms with van der Waals surface area (Å²) in [4.78, 5) is 23.1. The smallest absolute Gasteiger partial charge is 0.411 e. The maximum Gasteiger partial charge on any atom is 0.411 e. The number of ether oxygens (including phenoxy) is 1. The third kappa shape index (κ3) is 4.55. The van der Waals surface area contributed by atoms with Gasteiger partial charge in [0, 0.05) is 11.4 Å². The highest BCUT2D eigenvalue weighted by Crippen LogP contribution is 2.20. The van der Waals surface area contributed by atoms with E-state index in [4.69, 9.17) is 5.73 Å². The molecule has 1 rings (SSSR count). The number of rotatable bonds is 3. The van der Waals surface area contributed by atoms with Gasteiger partial charge in [0.15, 0.2) is 0 Å². The van der Waals surface area contributed by atoms with Crippen molar-refractivity contribution >= 4 is 23.4 Å². The molecule has 1 aromatic carbocycles. The molecule has 0 radical (unpaired) electrons. The first-order valence-electron chi connectivity index (χ1n) is 6.25. The summed E-state index contributed by atoms with van der Waals surface area (Å²) >= 11 is 0. The van der Waals surface area contributed by atoms with Gasteiger partial charge >= 0.3 is 6.09 Å². The lowest BCUT2D eigenvalue weighted by Crippen LogP contribution is -2.45. The maximum atomic E-state index is 12.0. The molecule has 0 spiro atoms. The zero-order chi connectivity index (χ0) is 15.3. The molecule has 0 heterocycles. The van der Waals surface area contributed by atoms with Gasteiger partial charge in [-0.05, 0) is 23.6 Å². The van der Waals surface area contributed by atoms with E-state index in [2.05, 4.69) is 15.4 Å². The largest absolute Gasteiger partial charge is 0.453 e. The second kappa shape index (κ2) is 6.38. The molecule has 0 saturated carbocycles. The summed E-state index contributed by atoms with van der Waals surface area (Å²) < 4.78 is 4.50. The first-order valence-corrected chi connectivity index (χ1v) is 6.25. The number of carbonyl (C=O) groups excluding carboxylic acids is 2. The van der Waals surface area contributed by atoms with E-state index >= 15 is 0 Å². The molecule has 0 bridgehead atoms. The van der Waals surface area contributed by atoms with Crippen molar-refractivity contribution in [3.8, 4) is 0 Å². The fraction of sp³-hybridized carbons (Fsp3) is 0.429. The monoisotopic (exact) mass is 279 g/mol. The number of methoxy groups -OCH3 is 1. The Bertz CT molecular complexity index is 495. The Morgan fingerprint density at radius 3 is 2.25 bits per heavy atom. The van der Waals surface area contributed by atoms with Crippen LogP contribution in [0.1, 0.15) is 20.8 Å². The highest BCUT2D eigenvalue weighted by molar-refractivity contribution is 5.96. The fourth-order valence-corrected chi connectivity index (χ4v) is 1.46. The number of hydrogen-bond donors (Lipinski definition) is 3. The Balaban J connectivity index is 2.76. The molecule has 0 aliphatic carbocycles. The van der Waals surface area contributed by atoms with Gasteiger partial charge in [-0.1, -0.05) is 26.8 Å². The van der Waals surface area contributed by atoms with Crippen molar-refractivity contribution in [2.75, 3.05) is 17.7 Å². The normalized spacial score (nSPS) is 12.4. The van der Waals surface area contributed by atoms with Crippen molar-refractivity contribution in [3.63, 3.8) is 0 Å². The molecule has 0 aromatic heterocycles. The van der Waals surface area contributed by atoms with Crippen molar-refractivity contribution in [1.82, 2.24) is 0 Å². The zero-order valence-electron chi connectivity index (χ0n) is 12.2. The number of hydrogen-bond acceptors (Lipinski definition) is 4. The van der Waals surface area contributed by atoms with Crippen molar-refractivity contribution in [3.05, 3.63) is 24.3 Å². The summed E-state index contributed by atoms with van der Waals surface area (Å²) in [6.45, 7) is 5.69. The Morgan fingerprint density at radius 1 is 1.20 bits per heavy atom. The van der Waals surface area contributed by atoms with Gasteiger partial charge in [-0.15, -0.1) is 0 Å². The molecular weight excluding hydrogens is 258 g/mol. The molecule has 0 aliphatic rings. The Hall–Kier alpha value is -2.08. The summed E-state index contributed by atoms with van der Waals surface area (Å²) in [5.74, 6) is -0.271. The lowest BCUT2D eigenvalue weighted by molar-refractivity contribution is -0.119. The number of benzene rings is 1. The minimum atomic E-state index is -0.625. The molecule has 6 heteroatoms. The second-order valence-electron chi connectivity index (χ2n) is 5.53. The molecule has 1 aromatic rings. The van der Waals surface area contributed by atoms with E-state index in [1.165, 1.54) is 7.11 Å². The SMILES string of the molecule is COC(=O)Nc1cccc(NC(=O)[C@H](N)C(C)(C)C)c1. The third-order valence-electron chi connectivity index (χ3n) is 2.78. The number of carbonyl (C=O) groups is 2. The quantitative estimate of drug-likeness (QED) is 0.790. The van der Waals surface area contributed by atoms with Crippen LogP contribution >= 0.6 is 0 Å². The second-order valence-corrected chi connectivity index (χ2v) is 5.53. The summed E-state index contributed by atoms with van der Waals surface area (Å²) in [5, 5.41) is 5.24. The number of anilines is 2. The van der Waals surface area contributed by atoms with Crippen LogP contribution in [0, 0.1) is 5.41 Å². The van der Waals surface area contributed by atoms with Gasteiger partial charge < -0.3 is 15.8 Å². The predicted octanol–water partition coefficient (Wildman–Crippen LogP) is 2.18. The minimum absolute atomic E-state index is 0.271. The van der Waals surface area contributed by atoms with Crippen molar-refractivity contribution in [1.29, 1.82) is 0 Å². The Labute approximate surface area is 118 Å². The van der Waals surface area contributed by atoms with Crippen LogP contribution < -0.4 is 16.4 Å². The van der Waals surface area contributed by atoms with Gasteiger partial charge in [0.05, 0.1) is 13.2 Å². The minimum Gasteiger partial charge on any atom is -0.453 e. The standard InChI is InChI=1S/C14H21N3O3/c1-14(2,3)11(15)12(18)16-9-6-5-7-10(8-9)17-13(19)20-4/h5-8,11H,15H2,1-4H3,(H,16,18)(H,17,19)/t11-/m0/s1. The van der Waals surface area contributed by atoms with Crippen molar-refractivity contribution < 1.29 is 14.3 Å². The maximum absolute atomic E-state index is 12.0. The van der Waals surface area contributed by atoms with Crippen molar-refractivity contribution in [2.24, 2.45) is 11.1 Å².